The maximum Gasteiger partial charge on any atom is 0.136 e. The van der Waals surface area contributed by atoms with Crippen LogP contribution in [0.15, 0.2) is 0 Å². The van der Waals surface area contributed by atoms with Crippen molar-refractivity contribution in [1.29, 1.82) is 0 Å². The van der Waals surface area contributed by atoms with Crippen molar-refractivity contribution >= 4 is 6.09 Å². The fourth-order valence-electron chi connectivity index (χ4n) is 1.79. The average Bonchev–Trinajstić information content (AvgIpc) is 2.31. The monoisotopic (exact) mass is 244 g/mol. The number of rotatable bonds is 11. The summed E-state index contributed by atoms with van der Waals surface area (Å²) in [4.78, 5) is 12.2. The summed E-state index contributed by atoms with van der Waals surface area (Å²) in [5.74, 6) is 0. The second kappa shape index (κ2) is 11.7. The van der Waals surface area contributed by atoms with E-state index in [-0.39, 0.29) is 6.61 Å². The zero-order valence-corrected chi connectivity index (χ0v) is 11.0. The molecule has 4 heteroatoms. The normalized spacial score (nSPS) is 10.5. The lowest BCUT2D eigenvalue weighted by atomic mass is 10.1. The number of aliphatic hydroxyl groups is 1. The van der Waals surface area contributed by atoms with Crippen LogP contribution >= 0.6 is 0 Å². The minimum Gasteiger partial charge on any atom is -0.530 e. The van der Waals surface area contributed by atoms with E-state index in [1.54, 1.807) is 0 Å². The molecular weight excluding hydrogens is 218 g/mol. The third kappa shape index (κ3) is 10.1. The molecule has 102 valence electrons. The van der Waals surface area contributed by atoms with Crippen LogP contribution in [0, 0.1) is 0 Å². The Hall–Kier alpha value is -0.770. The third-order valence-electron chi connectivity index (χ3n) is 2.88. The smallest absolute Gasteiger partial charge is 0.136 e. The van der Waals surface area contributed by atoms with Crippen LogP contribution in [0.4, 0.5) is 4.79 Å². The molecule has 0 bridgehead atoms. The van der Waals surface area contributed by atoms with Crippen LogP contribution in [-0.4, -0.2) is 35.8 Å². The second-order valence-corrected chi connectivity index (χ2v) is 4.45. The molecule has 0 aliphatic heterocycles. The molecule has 0 aromatic carbocycles. The minimum absolute atomic E-state index is 0.183. The molecule has 0 aliphatic rings. The lowest BCUT2D eigenvalue weighted by Gasteiger charge is -2.25. The topological polar surface area (TPSA) is 63.6 Å². The molecule has 1 N–H and O–H groups in total. The summed E-state index contributed by atoms with van der Waals surface area (Å²) in [5, 5.41) is 19.5. The fraction of sp³-hybridized carbons (Fsp3) is 0.923. The largest absolute Gasteiger partial charge is 0.530 e. The van der Waals surface area contributed by atoms with Gasteiger partial charge in [-0.25, -0.2) is 0 Å². The molecule has 1 amide bonds. The number of hydrogen-bond donors (Lipinski definition) is 1. The molecule has 0 aromatic heterocycles. The standard InChI is InChI=1S/C13H27NO3/c1-2-3-4-5-7-10-14(13(16)17)11-8-6-9-12-15/h15H,2-12H2,1H3,(H,16,17)/p-1. The Morgan fingerprint density at radius 1 is 1.00 bits per heavy atom. The molecule has 0 heterocycles. The zero-order valence-electron chi connectivity index (χ0n) is 11.0. The molecule has 0 atom stereocenters. The Morgan fingerprint density at radius 2 is 1.53 bits per heavy atom. The Morgan fingerprint density at radius 3 is 2.00 bits per heavy atom. The van der Waals surface area contributed by atoms with Gasteiger partial charge in [-0.3, -0.25) is 0 Å². The SMILES string of the molecule is CCCCCCCN(CCCCCO)C(=O)[O-]. The van der Waals surface area contributed by atoms with Crippen molar-refractivity contribution in [1.82, 2.24) is 4.90 Å². The van der Waals surface area contributed by atoms with Crippen molar-refractivity contribution in [2.45, 2.75) is 58.3 Å². The van der Waals surface area contributed by atoms with E-state index in [9.17, 15) is 9.90 Å². The molecule has 0 fully saturated rings. The van der Waals surface area contributed by atoms with Crippen LogP contribution in [0.25, 0.3) is 0 Å². The number of aliphatic hydroxyl groups excluding tert-OH is 1. The van der Waals surface area contributed by atoms with E-state index < -0.39 is 6.09 Å². The van der Waals surface area contributed by atoms with Gasteiger partial charge in [-0.15, -0.1) is 0 Å². The number of nitrogens with zero attached hydrogens (tertiary/aromatic N) is 1. The highest BCUT2D eigenvalue weighted by Gasteiger charge is 2.03. The second-order valence-electron chi connectivity index (χ2n) is 4.45. The van der Waals surface area contributed by atoms with Crippen molar-refractivity contribution in [2.75, 3.05) is 19.7 Å². The number of carbonyl (C=O) groups excluding carboxylic acids is 1. The lowest BCUT2D eigenvalue weighted by molar-refractivity contribution is -0.265. The zero-order chi connectivity index (χ0) is 12.9. The van der Waals surface area contributed by atoms with Gasteiger partial charge < -0.3 is 19.9 Å². The van der Waals surface area contributed by atoms with Gasteiger partial charge in [0.15, 0.2) is 0 Å². The van der Waals surface area contributed by atoms with Crippen molar-refractivity contribution in [3.8, 4) is 0 Å². The number of hydrogen-bond acceptors (Lipinski definition) is 3. The number of carboxylic acid groups (broad SMARTS) is 1. The molecule has 0 radical (unpaired) electrons. The van der Waals surface area contributed by atoms with E-state index >= 15 is 0 Å². The minimum atomic E-state index is -1.07. The van der Waals surface area contributed by atoms with Crippen LogP contribution in [0.5, 0.6) is 0 Å². The first-order chi connectivity index (χ1) is 8.22. The molecular formula is C13H26NO3-. The van der Waals surface area contributed by atoms with Gasteiger partial charge in [0, 0.05) is 19.7 Å². The molecule has 4 nitrogen and oxygen atoms in total. The first-order valence-corrected chi connectivity index (χ1v) is 6.79. The Bertz CT molecular complexity index is 186. The van der Waals surface area contributed by atoms with Crippen LogP contribution in [-0.2, 0) is 0 Å². The summed E-state index contributed by atoms with van der Waals surface area (Å²) in [6, 6.07) is 0. The van der Waals surface area contributed by atoms with Gasteiger partial charge >= 0.3 is 0 Å². The molecule has 0 saturated heterocycles. The van der Waals surface area contributed by atoms with Gasteiger partial charge in [0.25, 0.3) is 0 Å². The van der Waals surface area contributed by atoms with E-state index in [1.165, 1.54) is 24.2 Å². The van der Waals surface area contributed by atoms with E-state index in [1.807, 2.05) is 0 Å². The number of amides is 1. The highest BCUT2D eigenvalue weighted by Crippen LogP contribution is 2.05. The molecule has 0 spiro atoms. The predicted molar refractivity (Wildman–Crippen MR) is 66.7 cm³/mol. The molecule has 0 unspecified atom stereocenters. The van der Waals surface area contributed by atoms with Gasteiger partial charge in [-0.1, -0.05) is 32.6 Å². The summed E-state index contributed by atoms with van der Waals surface area (Å²) in [6.45, 7) is 3.47. The molecule has 0 saturated carbocycles. The first-order valence-electron chi connectivity index (χ1n) is 6.79. The lowest BCUT2D eigenvalue weighted by Crippen LogP contribution is -2.42. The highest BCUT2D eigenvalue weighted by molar-refractivity contribution is 5.62. The summed E-state index contributed by atoms with van der Waals surface area (Å²) >= 11 is 0. The summed E-state index contributed by atoms with van der Waals surface area (Å²) < 4.78 is 0. The predicted octanol–water partition coefficient (Wildman–Crippen LogP) is 1.76. The molecule has 17 heavy (non-hydrogen) atoms. The van der Waals surface area contributed by atoms with E-state index in [0.29, 0.717) is 13.1 Å². The van der Waals surface area contributed by atoms with Gasteiger partial charge in [0.1, 0.15) is 6.09 Å². The molecule has 0 aliphatic carbocycles. The quantitative estimate of drug-likeness (QED) is 0.563. The average molecular weight is 244 g/mol. The maximum atomic E-state index is 10.8. The van der Waals surface area contributed by atoms with Crippen molar-refractivity contribution in [3.63, 3.8) is 0 Å². The van der Waals surface area contributed by atoms with Crippen LogP contribution < -0.4 is 5.11 Å². The van der Waals surface area contributed by atoms with Crippen LogP contribution in [0.3, 0.4) is 0 Å². The van der Waals surface area contributed by atoms with Gasteiger partial charge in [-0.2, -0.15) is 0 Å². The Balaban J connectivity index is 3.57. The fourth-order valence-corrected chi connectivity index (χ4v) is 1.79. The summed E-state index contributed by atoms with van der Waals surface area (Å²) in [5.41, 5.74) is 0. The van der Waals surface area contributed by atoms with Crippen LogP contribution in [0.2, 0.25) is 0 Å². The van der Waals surface area contributed by atoms with Gasteiger partial charge in [0.05, 0.1) is 0 Å². The third-order valence-corrected chi connectivity index (χ3v) is 2.88. The summed E-state index contributed by atoms with van der Waals surface area (Å²) in [7, 11) is 0. The van der Waals surface area contributed by atoms with Gasteiger partial charge in [-0.05, 0) is 25.7 Å². The number of carbonyl (C=O) groups is 1. The Labute approximate surface area is 105 Å². The molecule has 0 rings (SSSR count). The molecule has 0 aromatic rings. The van der Waals surface area contributed by atoms with Crippen molar-refractivity contribution in [2.24, 2.45) is 0 Å². The van der Waals surface area contributed by atoms with Crippen LogP contribution in [0.1, 0.15) is 58.3 Å². The van der Waals surface area contributed by atoms with Crippen molar-refractivity contribution < 1.29 is 15.0 Å². The summed E-state index contributed by atoms with van der Waals surface area (Å²) in [6.07, 6.45) is 6.98. The van der Waals surface area contributed by atoms with E-state index in [0.717, 1.165) is 32.1 Å². The maximum absolute atomic E-state index is 10.8. The first kappa shape index (κ1) is 16.2. The van der Waals surface area contributed by atoms with E-state index in [4.69, 9.17) is 5.11 Å². The Kier molecular flexibility index (Phi) is 11.2. The van der Waals surface area contributed by atoms with Crippen molar-refractivity contribution in [3.05, 3.63) is 0 Å². The number of unbranched alkanes of at least 4 members (excludes halogenated alkanes) is 6. The highest BCUT2D eigenvalue weighted by atomic mass is 16.4. The van der Waals surface area contributed by atoms with Gasteiger partial charge in [0.2, 0.25) is 0 Å². The van der Waals surface area contributed by atoms with E-state index in [2.05, 4.69) is 6.92 Å².